The van der Waals surface area contributed by atoms with Crippen LogP contribution in [0.5, 0.6) is 0 Å². The zero-order valence-corrected chi connectivity index (χ0v) is 14.5. The van der Waals surface area contributed by atoms with E-state index >= 15 is 0 Å². The van der Waals surface area contributed by atoms with Crippen molar-refractivity contribution in [3.8, 4) is 0 Å². The molecule has 24 heavy (non-hydrogen) atoms. The summed E-state index contributed by atoms with van der Waals surface area (Å²) in [5.74, 6) is -0.00762. The molecule has 2 N–H and O–H groups in total. The maximum absolute atomic E-state index is 12.5. The highest BCUT2D eigenvalue weighted by Gasteiger charge is 2.43. The summed E-state index contributed by atoms with van der Waals surface area (Å²) in [7, 11) is 0. The summed E-state index contributed by atoms with van der Waals surface area (Å²) in [5, 5.41) is 0. The first-order chi connectivity index (χ1) is 11.3. The van der Waals surface area contributed by atoms with Crippen LogP contribution in [0.1, 0.15) is 39.2 Å². The molecule has 1 unspecified atom stereocenters. The summed E-state index contributed by atoms with van der Waals surface area (Å²) in [4.78, 5) is 30.1. The quantitative estimate of drug-likeness (QED) is 0.775. The molecule has 0 bridgehead atoms. The summed E-state index contributed by atoms with van der Waals surface area (Å²) in [5.41, 5.74) is 5.97. The molecule has 0 aromatic heterocycles. The van der Waals surface area contributed by atoms with Crippen LogP contribution in [0.25, 0.3) is 0 Å². The van der Waals surface area contributed by atoms with E-state index < -0.39 is 5.54 Å². The number of benzene rings is 1. The minimum absolute atomic E-state index is 0.0898. The van der Waals surface area contributed by atoms with Crippen LogP contribution >= 0.6 is 0 Å². The van der Waals surface area contributed by atoms with Crippen molar-refractivity contribution in [3.05, 3.63) is 35.9 Å². The number of esters is 1. The second kappa shape index (κ2) is 7.47. The fraction of sp³-hybridized carbons (Fsp3) is 0.500. The number of rotatable bonds is 7. The molecule has 2 rings (SSSR count). The summed E-state index contributed by atoms with van der Waals surface area (Å²) in [6.45, 7) is 6.27. The zero-order chi connectivity index (χ0) is 17.7. The monoisotopic (exact) mass is 331 g/mol. The molecule has 1 aromatic carbocycles. The van der Waals surface area contributed by atoms with Crippen molar-refractivity contribution in [2.24, 2.45) is 16.6 Å². The average molecular weight is 331 g/mol. The standard InChI is InChI=1S/C18H25N3O3/c1-13(2)11-18(3)16(23)21(17(19)20-18)10-9-15(22)24-12-14-7-5-4-6-8-14/h4-8,13H,9-12H2,1-3H3,(H2,19,20). The Hall–Kier alpha value is -2.37. The highest BCUT2D eigenvalue weighted by atomic mass is 16.5. The third kappa shape index (κ3) is 4.34. The number of amides is 1. The van der Waals surface area contributed by atoms with Gasteiger partial charge in [-0.1, -0.05) is 44.2 Å². The molecule has 1 aliphatic heterocycles. The molecular formula is C18H25N3O3. The Morgan fingerprint density at radius 3 is 2.62 bits per heavy atom. The van der Waals surface area contributed by atoms with E-state index in [9.17, 15) is 9.59 Å². The third-order valence-electron chi connectivity index (χ3n) is 3.93. The molecule has 0 spiro atoms. The third-order valence-corrected chi connectivity index (χ3v) is 3.93. The van der Waals surface area contributed by atoms with E-state index in [1.54, 1.807) is 6.92 Å². The van der Waals surface area contributed by atoms with Crippen LogP contribution in [0.4, 0.5) is 0 Å². The molecule has 1 heterocycles. The van der Waals surface area contributed by atoms with E-state index in [-0.39, 0.29) is 37.4 Å². The van der Waals surface area contributed by atoms with Crippen molar-refractivity contribution in [1.29, 1.82) is 0 Å². The Bertz CT molecular complexity index is 628. The van der Waals surface area contributed by atoms with Crippen LogP contribution < -0.4 is 5.73 Å². The summed E-state index contributed by atoms with van der Waals surface area (Å²) < 4.78 is 5.22. The van der Waals surface area contributed by atoms with Crippen LogP contribution in [0.2, 0.25) is 0 Å². The number of guanidine groups is 1. The Morgan fingerprint density at radius 2 is 2.00 bits per heavy atom. The molecule has 1 amide bonds. The lowest BCUT2D eigenvalue weighted by Crippen LogP contribution is -2.44. The van der Waals surface area contributed by atoms with Crippen molar-refractivity contribution < 1.29 is 14.3 Å². The average Bonchev–Trinajstić information content (AvgIpc) is 2.73. The zero-order valence-electron chi connectivity index (χ0n) is 14.5. The van der Waals surface area contributed by atoms with E-state index in [1.807, 2.05) is 44.2 Å². The van der Waals surface area contributed by atoms with Gasteiger partial charge in [0.1, 0.15) is 12.1 Å². The highest BCUT2D eigenvalue weighted by molar-refractivity contribution is 6.06. The van der Waals surface area contributed by atoms with Crippen molar-refractivity contribution in [2.45, 2.75) is 45.8 Å². The largest absolute Gasteiger partial charge is 0.461 e. The molecule has 0 saturated carbocycles. The van der Waals surface area contributed by atoms with Gasteiger partial charge in [-0.05, 0) is 24.8 Å². The minimum atomic E-state index is -0.827. The van der Waals surface area contributed by atoms with Crippen LogP contribution in [0, 0.1) is 5.92 Å². The Morgan fingerprint density at radius 1 is 1.33 bits per heavy atom. The maximum Gasteiger partial charge on any atom is 0.307 e. The van der Waals surface area contributed by atoms with Gasteiger partial charge >= 0.3 is 5.97 Å². The van der Waals surface area contributed by atoms with Gasteiger partial charge in [-0.3, -0.25) is 14.5 Å². The van der Waals surface area contributed by atoms with E-state index in [2.05, 4.69) is 4.99 Å². The van der Waals surface area contributed by atoms with Crippen LogP contribution in [-0.2, 0) is 20.9 Å². The SMILES string of the molecule is CC(C)CC1(C)N=C(N)N(CCC(=O)OCc2ccccc2)C1=O. The number of hydrogen-bond acceptors (Lipinski definition) is 5. The van der Waals surface area contributed by atoms with E-state index in [0.29, 0.717) is 12.3 Å². The van der Waals surface area contributed by atoms with Crippen molar-refractivity contribution in [1.82, 2.24) is 4.90 Å². The fourth-order valence-electron chi connectivity index (χ4n) is 2.91. The van der Waals surface area contributed by atoms with Crippen LogP contribution in [0.3, 0.4) is 0 Å². The van der Waals surface area contributed by atoms with E-state index in [0.717, 1.165) is 5.56 Å². The number of nitrogens with two attached hydrogens (primary N) is 1. The van der Waals surface area contributed by atoms with Gasteiger partial charge in [0.25, 0.3) is 5.91 Å². The molecule has 0 saturated heterocycles. The number of hydrogen-bond donors (Lipinski definition) is 1. The van der Waals surface area contributed by atoms with Crippen molar-refractivity contribution >= 4 is 17.8 Å². The minimum Gasteiger partial charge on any atom is -0.461 e. The first-order valence-electron chi connectivity index (χ1n) is 8.18. The predicted octanol–water partition coefficient (Wildman–Crippen LogP) is 2.08. The molecule has 6 heteroatoms. The van der Waals surface area contributed by atoms with Crippen LogP contribution in [-0.4, -0.2) is 34.8 Å². The number of carbonyl (C=O) groups is 2. The molecule has 130 valence electrons. The van der Waals surface area contributed by atoms with Gasteiger partial charge in [0, 0.05) is 6.54 Å². The summed E-state index contributed by atoms with van der Waals surface area (Å²) >= 11 is 0. The molecular weight excluding hydrogens is 306 g/mol. The first-order valence-corrected chi connectivity index (χ1v) is 8.18. The van der Waals surface area contributed by atoms with Gasteiger partial charge in [0.15, 0.2) is 5.96 Å². The number of ether oxygens (including phenoxy) is 1. The van der Waals surface area contributed by atoms with Gasteiger partial charge < -0.3 is 10.5 Å². The molecule has 1 aliphatic rings. The fourth-order valence-corrected chi connectivity index (χ4v) is 2.91. The van der Waals surface area contributed by atoms with Gasteiger partial charge in [-0.25, -0.2) is 4.99 Å². The lowest BCUT2D eigenvalue weighted by Gasteiger charge is -2.23. The lowest BCUT2D eigenvalue weighted by atomic mass is 9.91. The highest BCUT2D eigenvalue weighted by Crippen LogP contribution is 2.28. The van der Waals surface area contributed by atoms with Crippen molar-refractivity contribution in [2.75, 3.05) is 6.54 Å². The molecule has 1 atom stereocenters. The summed E-state index contributed by atoms with van der Waals surface area (Å²) in [6.07, 6.45) is 0.716. The van der Waals surface area contributed by atoms with Gasteiger partial charge in [-0.2, -0.15) is 0 Å². The molecule has 6 nitrogen and oxygen atoms in total. The Labute approximate surface area is 142 Å². The van der Waals surface area contributed by atoms with Gasteiger partial charge in [0.2, 0.25) is 0 Å². The predicted molar refractivity (Wildman–Crippen MR) is 92.1 cm³/mol. The molecule has 0 aliphatic carbocycles. The van der Waals surface area contributed by atoms with Crippen molar-refractivity contribution in [3.63, 3.8) is 0 Å². The number of aliphatic imine (C=N–C) groups is 1. The first kappa shape index (κ1) is 18.0. The lowest BCUT2D eigenvalue weighted by molar-refractivity contribution is -0.145. The molecule has 1 aromatic rings. The van der Waals surface area contributed by atoms with E-state index in [4.69, 9.17) is 10.5 Å². The molecule has 0 fully saturated rings. The van der Waals surface area contributed by atoms with Crippen LogP contribution in [0.15, 0.2) is 35.3 Å². The topological polar surface area (TPSA) is 85.0 Å². The molecule has 0 radical (unpaired) electrons. The summed E-state index contributed by atoms with van der Waals surface area (Å²) in [6, 6.07) is 9.46. The number of carbonyl (C=O) groups excluding carboxylic acids is 2. The Balaban J connectivity index is 1.84. The normalized spacial score (nSPS) is 20.4. The van der Waals surface area contributed by atoms with Gasteiger partial charge in [-0.15, -0.1) is 0 Å². The Kier molecular flexibility index (Phi) is 5.59. The number of nitrogens with zero attached hydrogens (tertiary/aromatic N) is 2. The van der Waals surface area contributed by atoms with E-state index in [1.165, 1.54) is 4.90 Å². The smallest absolute Gasteiger partial charge is 0.307 e. The van der Waals surface area contributed by atoms with Gasteiger partial charge in [0.05, 0.1) is 6.42 Å². The maximum atomic E-state index is 12.5. The second-order valence-electron chi connectivity index (χ2n) is 6.69. The second-order valence-corrected chi connectivity index (χ2v) is 6.69.